The fourth-order valence-corrected chi connectivity index (χ4v) is 5.41. The van der Waals surface area contributed by atoms with Gasteiger partial charge in [0.05, 0.1) is 47.2 Å². The number of amides is 1. The molecule has 6 rings (SSSR count). The molecule has 0 spiro atoms. The Hall–Kier alpha value is -3.66. The van der Waals surface area contributed by atoms with Crippen molar-refractivity contribution in [2.24, 2.45) is 0 Å². The van der Waals surface area contributed by atoms with Gasteiger partial charge in [0.15, 0.2) is 11.6 Å². The molecule has 2 aliphatic heterocycles. The lowest BCUT2D eigenvalue weighted by Gasteiger charge is -2.33. The van der Waals surface area contributed by atoms with E-state index in [2.05, 4.69) is 15.3 Å². The summed E-state index contributed by atoms with van der Waals surface area (Å²) in [5, 5.41) is 1.39. The van der Waals surface area contributed by atoms with Gasteiger partial charge in [0, 0.05) is 35.8 Å². The van der Waals surface area contributed by atoms with Crippen LogP contribution in [-0.2, 0) is 4.74 Å². The summed E-state index contributed by atoms with van der Waals surface area (Å²) in [7, 11) is 0. The van der Waals surface area contributed by atoms with Crippen LogP contribution in [0.15, 0.2) is 54.7 Å². The molecule has 3 aromatic carbocycles. The number of hydrazine groups is 1. The highest BCUT2D eigenvalue weighted by Crippen LogP contribution is 2.40. The largest absolute Gasteiger partial charge is 0.489 e. The van der Waals surface area contributed by atoms with Crippen LogP contribution in [0.3, 0.4) is 0 Å². The van der Waals surface area contributed by atoms with Gasteiger partial charge in [-0.1, -0.05) is 53.5 Å². The van der Waals surface area contributed by atoms with E-state index in [-0.39, 0.29) is 16.5 Å². The molecule has 39 heavy (non-hydrogen) atoms. The van der Waals surface area contributed by atoms with E-state index in [9.17, 15) is 9.18 Å². The van der Waals surface area contributed by atoms with Crippen LogP contribution in [0.1, 0.15) is 10.4 Å². The predicted molar refractivity (Wildman–Crippen MR) is 147 cm³/mol. The second-order valence-corrected chi connectivity index (χ2v) is 9.86. The highest BCUT2D eigenvalue weighted by atomic mass is 35.5. The van der Waals surface area contributed by atoms with Crippen LogP contribution in [0, 0.1) is 11.6 Å². The van der Waals surface area contributed by atoms with Crippen molar-refractivity contribution in [3.8, 4) is 16.9 Å². The van der Waals surface area contributed by atoms with Gasteiger partial charge in [-0.25, -0.2) is 8.78 Å². The molecular formula is C28H22Cl2F2N4O3. The van der Waals surface area contributed by atoms with Crippen LogP contribution in [0.25, 0.3) is 22.0 Å². The van der Waals surface area contributed by atoms with E-state index in [1.165, 1.54) is 12.3 Å². The lowest BCUT2D eigenvalue weighted by molar-refractivity contribution is 0.0943. The predicted octanol–water partition coefficient (Wildman–Crippen LogP) is 5.87. The Morgan fingerprint density at radius 1 is 0.949 bits per heavy atom. The minimum atomic E-state index is -1.02. The van der Waals surface area contributed by atoms with Gasteiger partial charge in [0.2, 0.25) is 0 Å². The summed E-state index contributed by atoms with van der Waals surface area (Å²) in [5.74, 6) is -1.64. The average Bonchev–Trinajstić information content (AvgIpc) is 2.97. The van der Waals surface area contributed by atoms with Gasteiger partial charge in [-0.05, 0) is 18.2 Å². The van der Waals surface area contributed by atoms with E-state index in [1.54, 1.807) is 17.1 Å². The number of pyridine rings is 1. The summed E-state index contributed by atoms with van der Waals surface area (Å²) >= 11 is 11.9. The van der Waals surface area contributed by atoms with E-state index < -0.39 is 16.7 Å². The molecule has 3 heterocycles. The number of anilines is 2. The molecule has 1 N–H and O–H groups in total. The van der Waals surface area contributed by atoms with Gasteiger partial charge in [0.1, 0.15) is 17.4 Å². The highest BCUT2D eigenvalue weighted by molar-refractivity contribution is 6.35. The number of benzene rings is 3. The van der Waals surface area contributed by atoms with Crippen molar-refractivity contribution in [1.82, 2.24) is 10.4 Å². The number of nitrogens with one attached hydrogen (secondary N) is 1. The van der Waals surface area contributed by atoms with E-state index in [0.717, 1.165) is 5.69 Å². The second-order valence-electron chi connectivity index (χ2n) is 9.08. The number of ether oxygens (including phenoxy) is 2. The number of halogens is 4. The molecule has 0 radical (unpaired) electrons. The van der Waals surface area contributed by atoms with Crippen LogP contribution < -0.4 is 20.1 Å². The number of fused-ring (bicyclic) bond motifs is 2. The van der Waals surface area contributed by atoms with Gasteiger partial charge >= 0.3 is 0 Å². The summed E-state index contributed by atoms with van der Waals surface area (Å²) in [6, 6.07) is 13.9. The SMILES string of the molecule is O=C(NN1CCOc2ccccc21)c1cnc2c(-c3cc(Cl)c(F)c(Cl)c3F)cccc2c1N1CCOCC1. The normalized spacial score (nSPS) is 15.2. The Morgan fingerprint density at radius 3 is 2.56 bits per heavy atom. The molecule has 0 unspecified atom stereocenters. The monoisotopic (exact) mass is 570 g/mol. The van der Waals surface area contributed by atoms with Crippen LogP contribution >= 0.6 is 23.2 Å². The maximum atomic E-state index is 15.1. The van der Waals surface area contributed by atoms with Gasteiger partial charge < -0.3 is 14.4 Å². The Bertz CT molecular complexity index is 1600. The molecule has 1 aromatic heterocycles. The molecule has 0 saturated carbocycles. The molecule has 0 atom stereocenters. The van der Waals surface area contributed by atoms with Crippen molar-refractivity contribution in [2.45, 2.75) is 0 Å². The number of para-hydroxylation sites is 3. The molecule has 0 aliphatic carbocycles. The summed E-state index contributed by atoms with van der Waals surface area (Å²) in [5.41, 5.74) is 5.54. The number of aromatic nitrogens is 1. The van der Waals surface area contributed by atoms with E-state index in [1.807, 2.05) is 30.3 Å². The molecule has 1 fully saturated rings. The van der Waals surface area contributed by atoms with Crippen molar-refractivity contribution < 1.29 is 23.0 Å². The quantitative estimate of drug-likeness (QED) is 0.244. The molecule has 7 nitrogen and oxygen atoms in total. The van der Waals surface area contributed by atoms with Crippen molar-refractivity contribution in [1.29, 1.82) is 0 Å². The standard InChI is InChI=1S/C28H22Cl2F2N4O3/c29-20-14-18(24(31)23(30)25(20)32)16-4-3-5-17-26(16)33-15-19(27(17)35-8-11-38-12-9-35)28(37)34-36-10-13-39-22-7-2-1-6-21(22)36/h1-7,14-15H,8-13H2,(H,34,37). The van der Waals surface area contributed by atoms with E-state index >= 15 is 4.39 Å². The average molecular weight is 571 g/mol. The first-order valence-electron chi connectivity index (χ1n) is 12.3. The second kappa shape index (κ2) is 10.5. The molecule has 0 bridgehead atoms. The number of nitrogens with zero attached hydrogens (tertiary/aromatic N) is 3. The van der Waals surface area contributed by atoms with E-state index in [4.69, 9.17) is 32.7 Å². The number of carbonyl (C=O) groups is 1. The van der Waals surface area contributed by atoms with Crippen LogP contribution in [0.2, 0.25) is 10.0 Å². The number of morpholine rings is 1. The third-order valence-electron chi connectivity index (χ3n) is 6.80. The summed E-state index contributed by atoms with van der Waals surface area (Å²) in [6.45, 7) is 2.95. The molecule has 200 valence electrons. The van der Waals surface area contributed by atoms with Gasteiger partial charge in [0.25, 0.3) is 5.91 Å². The maximum Gasteiger partial charge on any atom is 0.273 e. The lowest BCUT2D eigenvalue weighted by Crippen LogP contribution is -2.47. The van der Waals surface area contributed by atoms with Gasteiger partial charge in [-0.3, -0.25) is 20.2 Å². The fraction of sp³-hybridized carbons (Fsp3) is 0.214. The van der Waals surface area contributed by atoms with Crippen LogP contribution in [0.4, 0.5) is 20.2 Å². The minimum Gasteiger partial charge on any atom is -0.489 e. The van der Waals surface area contributed by atoms with Gasteiger partial charge in [-0.15, -0.1) is 0 Å². The van der Waals surface area contributed by atoms with Crippen molar-refractivity contribution in [2.75, 3.05) is 49.4 Å². The first-order chi connectivity index (χ1) is 18.9. The summed E-state index contributed by atoms with van der Waals surface area (Å²) in [6.07, 6.45) is 1.48. The fourth-order valence-electron chi connectivity index (χ4n) is 4.96. The third kappa shape index (κ3) is 4.60. The van der Waals surface area contributed by atoms with E-state index in [0.29, 0.717) is 72.9 Å². The first kappa shape index (κ1) is 25.6. The molecule has 4 aromatic rings. The smallest absolute Gasteiger partial charge is 0.273 e. The molecule has 11 heteroatoms. The third-order valence-corrected chi connectivity index (χ3v) is 7.41. The minimum absolute atomic E-state index is 0.0135. The molecular weight excluding hydrogens is 549 g/mol. The van der Waals surface area contributed by atoms with Gasteiger partial charge in [-0.2, -0.15) is 0 Å². The number of hydrogen-bond acceptors (Lipinski definition) is 6. The molecule has 1 saturated heterocycles. The zero-order valence-corrected chi connectivity index (χ0v) is 22.0. The van der Waals surface area contributed by atoms with Crippen molar-refractivity contribution in [3.63, 3.8) is 0 Å². The highest BCUT2D eigenvalue weighted by Gasteiger charge is 2.27. The number of hydrogen-bond donors (Lipinski definition) is 1. The van der Waals surface area contributed by atoms with Crippen LogP contribution in [0.5, 0.6) is 5.75 Å². The first-order valence-corrected chi connectivity index (χ1v) is 13.1. The Morgan fingerprint density at radius 2 is 1.74 bits per heavy atom. The zero-order valence-electron chi connectivity index (χ0n) is 20.5. The maximum absolute atomic E-state index is 15.1. The lowest BCUT2D eigenvalue weighted by atomic mass is 9.98. The van der Waals surface area contributed by atoms with Crippen molar-refractivity contribution in [3.05, 3.63) is 82.0 Å². The van der Waals surface area contributed by atoms with Crippen molar-refractivity contribution >= 4 is 51.4 Å². The van der Waals surface area contributed by atoms with Crippen LogP contribution in [-0.4, -0.2) is 50.3 Å². The molecule has 1 amide bonds. The Balaban J connectivity index is 1.48. The Labute approximate surface area is 232 Å². The summed E-state index contributed by atoms with van der Waals surface area (Å²) in [4.78, 5) is 20.4. The Kier molecular flexibility index (Phi) is 6.88. The zero-order chi connectivity index (χ0) is 27.1. The topological polar surface area (TPSA) is 66.9 Å². The summed E-state index contributed by atoms with van der Waals surface area (Å²) < 4.78 is 40.5. The number of carbonyl (C=O) groups excluding carboxylic acids is 1. The molecule has 2 aliphatic rings. The number of rotatable bonds is 4.